The molecular weight excluding hydrogens is 438 g/mol. The van der Waals surface area contributed by atoms with E-state index in [4.69, 9.17) is 9.72 Å². The van der Waals surface area contributed by atoms with Crippen molar-refractivity contribution in [2.75, 3.05) is 50.0 Å². The molecule has 0 spiro atoms. The van der Waals surface area contributed by atoms with Gasteiger partial charge in [0.15, 0.2) is 5.13 Å². The third-order valence-corrected chi connectivity index (χ3v) is 7.82. The largest absolute Gasteiger partial charge is 0.379 e. The third kappa shape index (κ3) is 5.34. The maximum absolute atomic E-state index is 13.7. The number of benzene rings is 2. The fourth-order valence-corrected chi connectivity index (χ4v) is 5.70. The lowest BCUT2D eigenvalue weighted by Crippen LogP contribution is -2.39. The number of anilines is 1. The van der Waals surface area contributed by atoms with Crippen LogP contribution in [0.1, 0.15) is 34.8 Å². The summed E-state index contributed by atoms with van der Waals surface area (Å²) in [5.41, 5.74) is 4.14. The van der Waals surface area contributed by atoms with Gasteiger partial charge in [-0.15, -0.1) is 11.8 Å². The summed E-state index contributed by atoms with van der Waals surface area (Å²) in [6.07, 6.45) is 0.906. The number of carbonyl (C=O) groups excluding carboxylic acids is 1. The lowest BCUT2D eigenvalue weighted by molar-refractivity contribution is 0.0376. The van der Waals surface area contributed by atoms with Gasteiger partial charge in [-0.1, -0.05) is 30.4 Å². The van der Waals surface area contributed by atoms with Crippen LogP contribution in [-0.4, -0.2) is 60.9 Å². The van der Waals surface area contributed by atoms with E-state index in [0.717, 1.165) is 70.8 Å². The summed E-state index contributed by atoms with van der Waals surface area (Å²) >= 11 is 3.36. The Labute approximate surface area is 198 Å². The van der Waals surface area contributed by atoms with Crippen molar-refractivity contribution in [2.24, 2.45) is 0 Å². The molecule has 7 heteroatoms. The summed E-state index contributed by atoms with van der Waals surface area (Å²) < 4.78 is 6.59. The second kappa shape index (κ2) is 10.8. The molecule has 1 amide bonds. The molecule has 0 unspecified atom stereocenters. The number of aryl methyl sites for hydroxylation is 2. The van der Waals surface area contributed by atoms with E-state index in [-0.39, 0.29) is 5.91 Å². The SMILES string of the molecule is CCSc1cccc(C(=O)N(CCCN2CCOCC2)c2nc3c(C)c(C)ccc3s2)c1. The van der Waals surface area contributed by atoms with Gasteiger partial charge in [0.25, 0.3) is 5.91 Å². The molecule has 3 aromatic rings. The number of thiazole rings is 1. The Hall–Kier alpha value is -1.93. The smallest absolute Gasteiger partial charge is 0.260 e. The Morgan fingerprint density at radius 2 is 2.03 bits per heavy atom. The molecule has 0 aliphatic carbocycles. The fraction of sp³-hybridized carbons (Fsp3) is 0.440. The number of aromatic nitrogens is 1. The maximum atomic E-state index is 13.7. The predicted octanol–water partition coefficient (Wildman–Crippen LogP) is 5.39. The number of thioether (sulfide) groups is 1. The van der Waals surface area contributed by atoms with Crippen molar-refractivity contribution in [1.82, 2.24) is 9.88 Å². The standard InChI is InChI=1S/C25H31N3O2S2/c1-4-31-21-8-5-7-20(17-21)24(29)28(12-6-11-27-13-15-30-16-14-27)25-26-23-19(3)18(2)9-10-22(23)32-25/h5,7-10,17H,4,6,11-16H2,1-3H3. The molecule has 1 aliphatic rings. The molecule has 1 aliphatic heterocycles. The number of nitrogens with zero attached hydrogens (tertiary/aromatic N) is 3. The quantitative estimate of drug-likeness (QED) is 0.414. The molecule has 4 rings (SSSR count). The Balaban J connectivity index is 1.60. The molecule has 170 valence electrons. The minimum absolute atomic E-state index is 0.0268. The van der Waals surface area contributed by atoms with Gasteiger partial charge < -0.3 is 4.74 Å². The van der Waals surface area contributed by atoms with Crippen LogP contribution in [0, 0.1) is 13.8 Å². The zero-order valence-electron chi connectivity index (χ0n) is 19.1. The normalized spacial score (nSPS) is 14.7. The second-order valence-corrected chi connectivity index (χ2v) is 10.4. The Kier molecular flexibility index (Phi) is 7.84. The molecule has 0 saturated carbocycles. The summed E-state index contributed by atoms with van der Waals surface area (Å²) in [7, 11) is 0. The van der Waals surface area contributed by atoms with Crippen LogP contribution in [-0.2, 0) is 4.74 Å². The minimum atomic E-state index is 0.0268. The first-order valence-electron chi connectivity index (χ1n) is 11.3. The molecule has 5 nitrogen and oxygen atoms in total. The first kappa shape index (κ1) is 23.2. The summed E-state index contributed by atoms with van der Waals surface area (Å²) in [6.45, 7) is 11.5. The number of rotatable bonds is 8. The van der Waals surface area contributed by atoms with Gasteiger partial charge in [-0.3, -0.25) is 14.6 Å². The highest BCUT2D eigenvalue weighted by atomic mass is 32.2. The highest BCUT2D eigenvalue weighted by Gasteiger charge is 2.23. The monoisotopic (exact) mass is 469 g/mol. The Morgan fingerprint density at radius 1 is 1.22 bits per heavy atom. The highest BCUT2D eigenvalue weighted by molar-refractivity contribution is 7.99. The minimum Gasteiger partial charge on any atom is -0.379 e. The van der Waals surface area contributed by atoms with E-state index >= 15 is 0 Å². The van der Waals surface area contributed by atoms with Gasteiger partial charge in [-0.2, -0.15) is 0 Å². The van der Waals surface area contributed by atoms with Crippen molar-refractivity contribution in [3.8, 4) is 0 Å². The molecule has 32 heavy (non-hydrogen) atoms. The number of ether oxygens (including phenoxy) is 1. The van der Waals surface area contributed by atoms with E-state index in [1.807, 2.05) is 23.1 Å². The number of hydrogen-bond acceptors (Lipinski definition) is 6. The van der Waals surface area contributed by atoms with Gasteiger partial charge >= 0.3 is 0 Å². The summed E-state index contributed by atoms with van der Waals surface area (Å²) in [5.74, 6) is 1.01. The van der Waals surface area contributed by atoms with Crippen molar-refractivity contribution in [3.63, 3.8) is 0 Å². The van der Waals surface area contributed by atoms with Crippen LogP contribution < -0.4 is 4.90 Å². The molecule has 0 bridgehead atoms. The van der Waals surface area contributed by atoms with Crippen LogP contribution in [0.4, 0.5) is 5.13 Å². The van der Waals surface area contributed by atoms with Crippen LogP contribution in [0.5, 0.6) is 0 Å². The van der Waals surface area contributed by atoms with E-state index in [1.165, 1.54) is 11.1 Å². The molecule has 2 heterocycles. The van der Waals surface area contributed by atoms with Gasteiger partial charge in [0.1, 0.15) is 0 Å². The van der Waals surface area contributed by atoms with E-state index in [0.29, 0.717) is 6.54 Å². The lowest BCUT2D eigenvalue weighted by Gasteiger charge is -2.27. The van der Waals surface area contributed by atoms with Gasteiger partial charge in [-0.05, 0) is 61.4 Å². The van der Waals surface area contributed by atoms with Crippen LogP contribution >= 0.6 is 23.1 Å². The van der Waals surface area contributed by atoms with Crippen LogP contribution in [0.25, 0.3) is 10.2 Å². The topological polar surface area (TPSA) is 45.7 Å². The van der Waals surface area contributed by atoms with Gasteiger partial charge in [0.2, 0.25) is 0 Å². The molecule has 0 radical (unpaired) electrons. The lowest BCUT2D eigenvalue weighted by atomic mass is 10.1. The average molecular weight is 470 g/mol. The first-order chi connectivity index (χ1) is 15.6. The number of fused-ring (bicyclic) bond motifs is 1. The summed E-state index contributed by atoms with van der Waals surface area (Å²) in [4.78, 5) is 24.0. The molecule has 1 fully saturated rings. The molecule has 0 N–H and O–H groups in total. The molecular formula is C25H31N3O2S2. The number of morpholine rings is 1. The van der Waals surface area contributed by atoms with E-state index in [1.54, 1.807) is 23.1 Å². The van der Waals surface area contributed by atoms with E-state index < -0.39 is 0 Å². The highest BCUT2D eigenvalue weighted by Crippen LogP contribution is 2.33. The first-order valence-corrected chi connectivity index (χ1v) is 13.1. The predicted molar refractivity (Wildman–Crippen MR) is 135 cm³/mol. The second-order valence-electron chi connectivity index (χ2n) is 8.08. The molecule has 1 aromatic heterocycles. The summed E-state index contributed by atoms with van der Waals surface area (Å²) in [5, 5.41) is 0.786. The number of hydrogen-bond donors (Lipinski definition) is 0. The van der Waals surface area contributed by atoms with Crippen LogP contribution in [0.3, 0.4) is 0 Å². The zero-order chi connectivity index (χ0) is 22.5. The van der Waals surface area contributed by atoms with Crippen LogP contribution in [0.2, 0.25) is 0 Å². The molecule has 2 aromatic carbocycles. The third-order valence-electron chi connectivity index (χ3n) is 5.90. The van der Waals surface area contributed by atoms with Crippen LogP contribution in [0.15, 0.2) is 41.3 Å². The Morgan fingerprint density at radius 3 is 2.81 bits per heavy atom. The van der Waals surface area contributed by atoms with Crippen molar-refractivity contribution >= 4 is 44.4 Å². The van der Waals surface area contributed by atoms with E-state index in [2.05, 4.69) is 43.9 Å². The molecule has 0 atom stereocenters. The van der Waals surface area contributed by atoms with Gasteiger partial charge in [0.05, 0.1) is 23.4 Å². The van der Waals surface area contributed by atoms with Gasteiger partial charge in [-0.25, -0.2) is 4.98 Å². The van der Waals surface area contributed by atoms with Crippen molar-refractivity contribution in [2.45, 2.75) is 32.1 Å². The average Bonchev–Trinajstić information content (AvgIpc) is 3.25. The molecule has 1 saturated heterocycles. The zero-order valence-corrected chi connectivity index (χ0v) is 20.7. The van der Waals surface area contributed by atoms with Crippen molar-refractivity contribution < 1.29 is 9.53 Å². The Bertz CT molecular complexity index is 1080. The number of carbonyl (C=O) groups is 1. The van der Waals surface area contributed by atoms with E-state index in [9.17, 15) is 4.79 Å². The van der Waals surface area contributed by atoms with Crippen molar-refractivity contribution in [1.29, 1.82) is 0 Å². The summed E-state index contributed by atoms with van der Waals surface area (Å²) in [6, 6.07) is 12.2. The van der Waals surface area contributed by atoms with Gasteiger partial charge in [0, 0.05) is 36.6 Å². The number of amides is 1. The fourth-order valence-electron chi connectivity index (χ4n) is 3.93. The van der Waals surface area contributed by atoms with Crippen molar-refractivity contribution in [3.05, 3.63) is 53.1 Å². The maximum Gasteiger partial charge on any atom is 0.260 e.